The molecule has 0 unspecified atom stereocenters. The third-order valence-electron chi connectivity index (χ3n) is 5.03. The van der Waals surface area contributed by atoms with Crippen LogP contribution in [0.3, 0.4) is 0 Å². The van der Waals surface area contributed by atoms with Gasteiger partial charge in [0.05, 0.1) is 31.0 Å². The van der Waals surface area contributed by atoms with E-state index in [9.17, 15) is 14.4 Å². The number of piperidine rings is 1. The van der Waals surface area contributed by atoms with Crippen molar-refractivity contribution in [1.82, 2.24) is 9.78 Å². The van der Waals surface area contributed by atoms with E-state index in [0.29, 0.717) is 37.3 Å². The fraction of sp³-hybridized carbons (Fsp3) is 0.429. The molecule has 29 heavy (non-hydrogen) atoms. The zero-order valence-electron chi connectivity index (χ0n) is 16.9. The van der Waals surface area contributed by atoms with Gasteiger partial charge in [-0.2, -0.15) is 9.78 Å². The summed E-state index contributed by atoms with van der Waals surface area (Å²) in [7, 11) is 1.38. The van der Waals surface area contributed by atoms with Crippen molar-refractivity contribution in [2.24, 2.45) is 5.92 Å². The molecule has 1 fully saturated rings. The topological polar surface area (TPSA) is 90.7 Å². The quantitative estimate of drug-likeness (QED) is 0.711. The maximum absolute atomic E-state index is 12.8. The molecule has 2 aromatic rings. The van der Waals surface area contributed by atoms with Crippen LogP contribution in [0.25, 0.3) is 5.69 Å². The van der Waals surface area contributed by atoms with Crippen LogP contribution in [0.2, 0.25) is 0 Å². The van der Waals surface area contributed by atoms with Crippen LogP contribution in [-0.2, 0) is 14.3 Å². The fourth-order valence-corrected chi connectivity index (χ4v) is 3.43. The molecule has 1 aromatic heterocycles. The number of benzene rings is 1. The lowest BCUT2D eigenvalue weighted by molar-refractivity contribution is -0.146. The Morgan fingerprint density at radius 3 is 2.41 bits per heavy atom. The molecule has 0 N–H and O–H groups in total. The Kier molecular flexibility index (Phi) is 6.31. The molecule has 0 spiro atoms. The lowest BCUT2D eigenvalue weighted by Gasteiger charge is -2.32. The van der Waals surface area contributed by atoms with E-state index in [4.69, 9.17) is 9.47 Å². The second-order valence-corrected chi connectivity index (χ2v) is 6.97. The predicted octanol–water partition coefficient (Wildman–Crippen LogP) is 2.11. The molecule has 0 amide bonds. The van der Waals surface area contributed by atoms with Gasteiger partial charge in [0.2, 0.25) is 0 Å². The summed E-state index contributed by atoms with van der Waals surface area (Å²) in [6, 6.07) is 8.72. The van der Waals surface area contributed by atoms with Crippen LogP contribution in [0.1, 0.15) is 35.8 Å². The smallest absolute Gasteiger partial charge is 0.360 e. The number of hydrogen-bond acceptors (Lipinski definition) is 7. The maximum Gasteiger partial charge on any atom is 0.360 e. The number of aryl methyl sites for hydroxylation is 1. The van der Waals surface area contributed by atoms with Crippen molar-refractivity contribution in [1.29, 1.82) is 0 Å². The number of methoxy groups -OCH3 is 1. The average Bonchev–Trinajstić information content (AvgIpc) is 2.74. The van der Waals surface area contributed by atoms with Crippen LogP contribution < -0.4 is 10.5 Å². The van der Waals surface area contributed by atoms with E-state index in [1.165, 1.54) is 17.9 Å². The van der Waals surface area contributed by atoms with Crippen molar-refractivity contribution in [2.45, 2.75) is 26.7 Å². The van der Waals surface area contributed by atoms with E-state index < -0.39 is 5.97 Å². The first-order valence-electron chi connectivity index (χ1n) is 9.66. The molecule has 2 heterocycles. The van der Waals surface area contributed by atoms with Gasteiger partial charge in [-0.1, -0.05) is 17.7 Å². The Morgan fingerprint density at radius 2 is 1.83 bits per heavy atom. The summed E-state index contributed by atoms with van der Waals surface area (Å²) in [5.74, 6) is -0.996. The minimum Gasteiger partial charge on any atom is -0.469 e. The Hall–Kier alpha value is -3.16. The lowest BCUT2D eigenvalue weighted by Crippen LogP contribution is -2.39. The fourth-order valence-electron chi connectivity index (χ4n) is 3.43. The van der Waals surface area contributed by atoms with Crippen molar-refractivity contribution in [3.8, 4) is 5.69 Å². The van der Waals surface area contributed by atoms with E-state index in [-0.39, 0.29) is 29.7 Å². The molecule has 8 heteroatoms. The average molecular weight is 399 g/mol. The molecule has 1 aliphatic rings. The molecule has 0 aliphatic carbocycles. The first-order chi connectivity index (χ1) is 13.9. The van der Waals surface area contributed by atoms with Crippen LogP contribution in [0.15, 0.2) is 35.1 Å². The molecule has 1 aromatic carbocycles. The van der Waals surface area contributed by atoms with Gasteiger partial charge in [0.25, 0.3) is 5.56 Å². The van der Waals surface area contributed by atoms with E-state index >= 15 is 0 Å². The minimum atomic E-state index is -0.585. The van der Waals surface area contributed by atoms with Crippen molar-refractivity contribution >= 4 is 17.6 Å². The number of carbonyl (C=O) groups is 2. The van der Waals surface area contributed by atoms with E-state index in [1.807, 2.05) is 24.0 Å². The zero-order chi connectivity index (χ0) is 21.0. The van der Waals surface area contributed by atoms with Crippen LogP contribution in [0.4, 0.5) is 5.69 Å². The second-order valence-electron chi connectivity index (χ2n) is 6.97. The van der Waals surface area contributed by atoms with Gasteiger partial charge < -0.3 is 14.4 Å². The van der Waals surface area contributed by atoms with Gasteiger partial charge in [-0.15, -0.1) is 0 Å². The summed E-state index contributed by atoms with van der Waals surface area (Å²) < 4.78 is 11.2. The zero-order valence-corrected chi connectivity index (χ0v) is 16.9. The van der Waals surface area contributed by atoms with Crippen molar-refractivity contribution in [2.75, 3.05) is 31.7 Å². The van der Waals surface area contributed by atoms with E-state index in [0.717, 1.165) is 5.56 Å². The van der Waals surface area contributed by atoms with Gasteiger partial charge in [-0.25, -0.2) is 4.79 Å². The molecule has 1 aliphatic heterocycles. The summed E-state index contributed by atoms with van der Waals surface area (Å²) in [5.41, 5.74) is 1.80. The Bertz CT molecular complexity index is 944. The highest BCUT2D eigenvalue weighted by Crippen LogP contribution is 2.26. The Labute approximate surface area is 169 Å². The lowest BCUT2D eigenvalue weighted by atomic mass is 9.96. The van der Waals surface area contributed by atoms with E-state index in [2.05, 4.69) is 5.10 Å². The van der Waals surface area contributed by atoms with Crippen LogP contribution in [0, 0.1) is 12.8 Å². The Morgan fingerprint density at radius 1 is 1.17 bits per heavy atom. The maximum atomic E-state index is 12.8. The first kappa shape index (κ1) is 20.6. The molecule has 0 atom stereocenters. The van der Waals surface area contributed by atoms with Crippen LogP contribution in [-0.4, -0.2) is 48.5 Å². The summed E-state index contributed by atoms with van der Waals surface area (Å²) in [5, 5.41) is 4.33. The molecule has 0 radical (unpaired) electrons. The molecule has 154 valence electrons. The van der Waals surface area contributed by atoms with Gasteiger partial charge in [0.1, 0.15) is 0 Å². The number of anilines is 1. The number of carbonyl (C=O) groups excluding carboxylic acids is 2. The molecule has 8 nitrogen and oxygen atoms in total. The largest absolute Gasteiger partial charge is 0.469 e. The molecule has 3 rings (SSSR count). The van der Waals surface area contributed by atoms with Crippen molar-refractivity contribution < 1.29 is 19.1 Å². The van der Waals surface area contributed by atoms with Gasteiger partial charge >= 0.3 is 11.9 Å². The normalized spacial score (nSPS) is 14.5. The predicted molar refractivity (Wildman–Crippen MR) is 107 cm³/mol. The van der Waals surface area contributed by atoms with E-state index in [1.54, 1.807) is 19.1 Å². The Balaban J connectivity index is 1.97. The number of hydrogen-bond donors (Lipinski definition) is 0. The molecular formula is C21H25N3O5. The third kappa shape index (κ3) is 4.47. The van der Waals surface area contributed by atoms with Crippen LogP contribution in [0.5, 0.6) is 0 Å². The summed E-state index contributed by atoms with van der Waals surface area (Å²) in [6.45, 7) is 4.90. The highest BCUT2D eigenvalue weighted by Gasteiger charge is 2.29. The first-order valence-corrected chi connectivity index (χ1v) is 9.66. The SMILES string of the molecule is CCOC(=O)c1nn(-c2ccc(C)cc2)c(=O)cc1N1CCC(C(=O)OC)CC1. The number of nitrogens with zero attached hydrogens (tertiary/aromatic N) is 3. The monoisotopic (exact) mass is 399 g/mol. The molecular weight excluding hydrogens is 374 g/mol. The van der Waals surface area contributed by atoms with Crippen molar-refractivity contribution in [3.63, 3.8) is 0 Å². The standard InChI is InChI=1S/C21H25N3O5/c1-4-29-21(27)19-17(23-11-9-15(10-12-23)20(26)28-3)13-18(25)24(22-19)16-7-5-14(2)6-8-16/h5-8,13,15H,4,9-12H2,1-3H3. The minimum absolute atomic E-state index is 0.0866. The third-order valence-corrected chi connectivity index (χ3v) is 5.03. The summed E-state index contributed by atoms with van der Waals surface area (Å²) in [4.78, 5) is 39.0. The molecule has 0 saturated carbocycles. The van der Waals surface area contributed by atoms with Crippen molar-refractivity contribution in [3.05, 3.63) is 51.9 Å². The summed E-state index contributed by atoms with van der Waals surface area (Å²) in [6.07, 6.45) is 1.16. The second kappa shape index (κ2) is 8.89. The number of aromatic nitrogens is 2. The highest BCUT2D eigenvalue weighted by atomic mass is 16.5. The van der Waals surface area contributed by atoms with Crippen LogP contribution >= 0.6 is 0 Å². The van der Waals surface area contributed by atoms with Gasteiger partial charge in [-0.3, -0.25) is 9.59 Å². The molecule has 1 saturated heterocycles. The number of rotatable bonds is 5. The number of esters is 2. The highest BCUT2D eigenvalue weighted by molar-refractivity contribution is 5.93. The van der Waals surface area contributed by atoms with Gasteiger partial charge in [0.15, 0.2) is 5.69 Å². The molecule has 0 bridgehead atoms. The van der Waals surface area contributed by atoms with Gasteiger partial charge in [0, 0.05) is 19.2 Å². The summed E-state index contributed by atoms with van der Waals surface area (Å²) >= 11 is 0. The van der Waals surface area contributed by atoms with Gasteiger partial charge in [-0.05, 0) is 38.8 Å². The number of ether oxygens (including phenoxy) is 2.